The second kappa shape index (κ2) is 7.79. The summed E-state index contributed by atoms with van der Waals surface area (Å²) in [5, 5.41) is 23.4. The van der Waals surface area contributed by atoms with Crippen LogP contribution in [0.1, 0.15) is 11.1 Å². The first-order chi connectivity index (χ1) is 16.6. The van der Waals surface area contributed by atoms with Gasteiger partial charge in [0.05, 0.1) is 10.6 Å². The molecular formula is C29H21O4P. The van der Waals surface area contributed by atoms with Crippen molar-refractivity contribution in [2.75, 3.05) is 0 Å². The van der Waals surface area contributed by atoms with E-state index < -0.39 is 7.37 Å². The van der Waals surface area contributed by atoms with E-state index in [1.54, 1.807) is 30.3 Å². The van der Waals surface area contributed by atoms with Crippen LogP contribution in [-0.4, -0.2) is 10.2 Å². The molecule has 0 amide bonds. The first-order valence-electron chi connectivity index (χ1n) is 11.1. The fourth-order valence-electron chi connectivity index (χ4n) is 4.73. The Morgan fingerprint density at radius 1 is 0.676 bits per heavy atom. The van der Waals surface area contributed by atoms with Crippen LogP contribution in [0.25, 0.3) is 21.9 Å². The van der Waals surface area contributed by atoms with Gasteiger partial charge in [-0.15, -0.1) is 0 Å². The largest absolute Gasteiger partial charge is 0.507 e. The van der Waals surface area contributed by atoms with Crippen molar-refractivity contribution < 1.29 is 19.3 Å². The van der Waals surface area contributed by atoms with Gasteiger partial charge in [-0.2, -0.15) is 0 Å². The van der Waals surface area contributed by atoms with Crippen molar-refractivity contribution in [3.8, 4) is 28.4 Å². The van der Waals surface area contributed by atoms with Gasteiger partial charge in [0.15, 0.2) is 0 Å². The highest BCUT2D eigenvalue weighted by atomic mass is 31.2. The monoisotopic (exact) mass is 464 g/mol. The lowest BCUT2D eigenvalue weighted by molar-refractivity contribution is 0.467. The highest BCUT2D eigenvalue weighted by molar-refractivity contribution is 7.75. The number of rotatable bonds is 3. The van der Waals surface area contributed by atoms with E-state index in [2.05, 4.69) is 0 Å². The summed E-state index contributed by atoms with van der Waals surface area (Å²) in [5.41, 5.74) is 3.68. The summed E-state index contributed by atoms with van der Waals surface area (Å²) in [4.78, 5) is 0. The number of para-hydroxylation sites is 1. The number of fused-ring (bicyclic) bond motifs is 4. The standard InChI is InChI=1S/C29H21O4P/c30-25-18-27(28(31)23-14-5-4-12-21(23)25)34(32)26-16-7-6-13-22(26)24-15-8-11-20(29(24)33-34)17-19-9-2-1-3-10-19/h1-16,18,30-31H,17H2. The van der Waals surface area contributed by atoms with Crippen LogP contribution >= 0.6 is 7.37 Å². The summed E-state index contributed by atoms with van der Waals surface area (Å²) in [6, 6.07) is 31.7. The van der Waals surface area contributed by atoms with Crippen LogP contribution in [-0.2, 0) is 11.0 Å². The Balaban J connectivity index is 1.60. The van der Waals surface area contributed by atoms with E-state index in [4.69, 9.17) is 4.52 Å². The van der Waals surface area contributed by atoms with E-state index in [9.17, 15) is 14.8 Å². The Hall–Kier alpha value is -4.01. The molecule has 6 rings (SSSR count). The third kappa shape index (κ3) is 3.11. The Labute approximate surface area is 197 Å². The molecule has 5 aromatic rings. The van der Waals surface area contributed by atoms with E-state index in [1.807, 2.05) is 66.7 Å². The van der Waals surface area contributed by atoms with Gasteiger partial charge in [-0.3, -0.25) is 4.57 Å². The minimum atomic E-state index is -3.80. The van der Waals surface area contributed by atoms with E-state index in [0.29, 0.717) is 28.2 Å². The first-order valence-corrected chi connectivity index (χ1v) is 12.7. The van der Waals surface area contributed by atoms with Crippen molar-refractivity contribution >= 4 is 28.8 Å². The lowest BCUT2D eigenvalue weighted by Gasteiger charge is -2.31. The van der Waals surface area contributed by atoms with Crippen molar-refractivity contribution in [2.24, 2.45) is 0 Å². The number of hydrogen-bond acceptors (Lipinski definition) is 4. The topological polar surface area (TPSA) is 66.8 Å². The van der Waals surface area contributed by atoms with E-state index in [-0.39, 0.29) is 16.8 Å². The summed E-state index contributed by atoms with van der Waals surface area (Å²) in [6.45, 7) is 0. The average Bonchev–Trinajstić information content (AvgIpc) is 2.87. The molecule has 1 aliphatic rings. The van der Waals surface area contributed by atoms with Crippen LogP contribution in [0.15, 0.2) is 103 Å². The zero-order valence-corrected chi connectivity index (χ0v) is 19.1. The molecule has 0 radical (unpaired) electrons. The van der Waals surface area contributed by atoms with Gasteiger partial charge in [-0.05, 0) is 28.8 Å². The van der Waals surface area contributed by atoms with Crippen LogP contribution in [0.4, 0.5) is 0 Å². The van der Waals surface area contributed by atoms with E-state index >= 15 is 0 Å². The van der Waals surface area contributed by atoms with Crippen molar-refractivity contribution in [3.05, 3.63) is 114 Å². The molecule has 0 aliphatic carbocycles. The van der Waals surface area contributed by atoms with Crippen molar-refractivity contribution in [1.82, 2.24) is 0 Å². The van der Waals surface area contributed by atoms with Crippen LogP contribution < -0.4 is 15.1 Å². The number of hydrogen-bond donors (Lipinski definition) is 2. The Morgan fingerprint density at radius 2 is 1.35 bits per heavy atom. The molecule has 0 aromatic heterocycles. The third-order valence-corrected chi connectivity index (χ3v) is 8.80. The first kappa shape index (κ1) is 20.6. The van der Waals surface area contributed by atoms with Crippen LogP contribution in [0.5, 0.6) is 17.2 Å². The van der Waals surface area contributed by atoms with Gasteiger partial charge in [-0.25, -0.2) is 0 Å². The summed E-state index contributed by atoms with van der Waals surface area (Å²) >= 11 is 0. The van der Waals surface area contributed by atoms with Gasteiger partial charge >= 0.3 is 7.37 Å². The second-order valence-electron chi connectivity index (χ2n) is 8.43. The van der Waals surface area contributed by atoms with Crippen LogP contribution in [0, 0.1) is 0 Å². The molecule has 0 fully saturated rings. The molecule has 1 aliphatic heterocycles. The molecule has 0 saturated heterocycles. The molecule has 1 heterocycles. The number of phenolic OH excluding ortho intramolecular Hbond substituents is 2. The molecule has 5 aromatic carbocycles. The molecule has 2 N–H and O–H groups in total. The second-order valence-corrected chi connectivity index (χ2v) is 10.7. The number of aromatic hydroxyl groups is 2. The Morgan fingerprint density at radius 3 is 2.18 bits per heavy atom. The van der Waals surface area contributed by atoms with Gasteiger partial charge in [-0.1, -0.05) is 91.0 Å². The molecular weight excluding hydrogens is 443 g/mol. The molecule has 0 spiro atoms. The summed E-state index contributed by atoms with van der Waals surface area (Å²) in [5.74, 6) is 0.346. The normalized spacial score (nSPS) is 16.5. The third-order valence-electron chi connectivity index (χ3n) is 6.36. The smallest absolute Gasteiger partial charge is 0.311 e. The minimum Gasteiger partial charge on any atom is -0.507 e. The predicted octanol–water partition coefficient (Wildman–Crippen LogP) is 6.13. The Kier molecular flexibility index (Phi) is 4.72. The highest BCUT2D eigenvalue weighted by Crippen LogP contribution is 2.57. The summed E-state index contributed by atoms with van der Waals surface area (Å²) in [7, 11) is -3.80. The fourth-order valence-corrected chi connectivity index (χ4v) is 7.14. The number of benzene rings is 5. The van der Waals surface area contributed by atoms with Crippen molar-refractivity contribution in [1.29, 1.82) is 0 Å². The van der Waals surface area contributed by atoms with Crippen LogP contribution in [0.3, 0.4) is 0 Å². The maximum absolute atomic E-state index is 14.7. The van der Waals surface area contributed by atoms with Gasteiger partial charge in [0, 0.05) is 22.8 Å². The number of phenols is 2. The molecule has 0 saturated carbocycles. The minimum absolute atomic E-state index is 0.0527. The van der Waals surface area contributed by atoms with E-state index in [1.165, 1.54) is 6.07 Å². The summed E-state index contributed by atoms with van der Waals surface area (Å²) < 4.78 is 21.2. The van der Waals surface area contributed by atoms with E-state index in [0.717, 1.165) is 22.3 Å². The van der Waals surface area contributed by atoms with Crippen molar-refractivity contribution in [3.63, 3.8) is 0 Å². The SMILES string of the molecule is O=P1(c2cc(O)c3ccccc3c2O)Oc2c(Cc3ccccc3)cccc2-c2ccccc21. The molecule has 1 atom stereocenters. The quantitative estimate of drug-likeness (QED) is 0.249. The maximum Gasteiger partial charge on any atom is 0.311 e. The zero-order chi connectivity index (χ0) is 23.3. The van der Waals surface area contributed by atoms with Crippen molar-refractivity contribution in [2.45, 2.75) is 6.42 Å². The van der Waals surface area contributed by atoms with Gasteiger partial charge in [0.2, 0.25) is 0 Å². The van der Waals surface area contributed by atoms with Gasteiger partial charge < -0.3 is 14.7 Å². The molecule has 1 unspecified atom stereocenters. The predicted molar refractivity (Wildman–Crippen MR) is 136 cm³/mol. The molecule has 34 heavy (non-hydrogen) atoms. The average molecular weight is 464 g/mol. The molecule has 166 valence electrons. The Bertz CT molecular complexity index is 1610. The fraction of sp³-hybridized carbons (Fsp3) is 0.0345. The van der Waals surface area contributed by atoms with Gasteiger partial charge in [0.25, 0.3) is 0 Å². The lowest BCUT2D eigenvalue weighted by atomic mass is 9.97. The molecule has 4 nitrogen and oxygen atoms in total. The molecule has 5 heteroatoms. The molecule has 0 bridgehead atoms. The maximum atomic E-state index is 14.7. The van der Waals surface area contributed by atoms with Crippen LogP contribution in [0.2, 0.25) is 0 Å². The van der Waals surface area contributed by atoms with Gasteiger partial charge in [0.1, 0.15) is 17.2 Å². The lowest BCUT2D eigenvalue weighted by Crippen LogP contribution is -2.26. The highest BCUT2D eigenvalue weighted by Gasteiger charge is 2.41. The summed E-state index contributed by atoms with van der Waals surface area (Å²) in [6.07, 6.45) is 0.612. The zero-order valence-electron chi connectivity index (χ0n) is 18.2.